The number of hydrogen-bond acceptors (Lipinski definition) is 6. The zero-order valence-corrected chi connectivity index (χ0v) is 22.1. The van der Waals surface area contributed by atoms with Crippen LogP contribution in [0.1, 0.15) is 23.3 Å². The summed E-state index contributed by atoms with van der Waals surface area (Å²) in [5.74, 6) is 0. The second kappa shape index (κ2) is 10.2. The summed E-state index contributed by atoms with van der Waals surface area (Å²) < 4.78 is 28.6. The van der Waals surface area contributed by atoms with Crippen LogP contribution in [0.25, 0.3) is 21.3 Å². The van der Waals surface area contributed by atoms with Crippen molar-refractivity contribution in [2.45, 2.75) is 44.8 Å². The number of pyridine rings is 1. The van der Waals surface area contributed by atoms with Gasteiger partial charge >= 0.3 is 5.69 Å². The first-order valence-corrected chi connectivity index (χ1v) is 13.8. The molecule has 1 fully saturated rings. The van der Waals surface area contributed by atoms with Crippen LogP contribution in [0.2, 0.25) is 5.02 Å². The quantitative estimate of drug-likeness (QED) is 0.381. The number of anilines is 1. The molecule has 0 radical (unpaired) electrons. The number of nitrogens with one attached hydrogen (secondary N) is 1. The predicted octanol–water partition coefficient (Wildman–Crippen LogP) is 4.37. The normalized spacial score (nSPS) is 17.5. The van der Waals surface area contributed by atoms with Gasteiger partial charge in [-0.1, -0.05) is 11.6 Å². The molecular weight excluding hydrogens is 532 g/mol. The van der Waals surface area contributed by atoms with Crippen LogP contribution in [0.4, 0.5) is 14.5 Å². The molecule has 5 heterocycles. The van der Waals surface area contributed by atoms with Crippen LogP contribution >= 0.6 is 22.9 Å². The van der Waals surface area contributed by atoms with Gasteiger partial charge in [0.05, 0.1) is 23.3 Å². The van der Waals surface area contributed by atoms with Crippen molar-refractivity contribution < 1.29 is 8.78 Å². The highest BCUT2D eigenvalue weighted by atomic mass is 35.5. The Labute approximate surface area is 226 Å². The maximum atomic E-state index is 12.9. The van der Waals surface area contributed by atoms with E-state index < -0.39 is 24.2 Å². The zero-order chi connectivity index (χ0) is 26.4. The number of thiophene rings is 1. The molecule has 0 saturated carbocycles. The third-order valence-corrected chi connectivity index (χ3v) is 8.66. The molecule has 1 aromatic carbocycles. The summed E-state index contributed by atoms with van der Waals surface area (Å²) in [4.78, 5) is 33.0. The highest BCUT2D eigenvalue weighted by Crippen LogP contribution is 2.44. The molecule has 4 aromatic rings. The van der Waals surface area contributed by atoms with Crippen LogP contribution in [-0.2, 0) is 19.5 Å². The van der Waals surface area contributed by atoms with Gasteiger partial charge in [-0.05, 0) is 55.6 Å². The van der Waals surface area contributed by atoms with Gasteiger partial charge in [-0.15, -0.1) is 11.3 Å². The van der Waals surface area contributed by atoms with Crippen molar-refractivity contribution in [1.29, 1.82) is 0 Å². The Kier molecular flexibility index (Phi) is 6.79. The van der Waals surface area contributed by atoms with Gasteiger partial charge in [0.2, 0.25) is 0 Å². The molecule has 11 heteroatoms. The SMILES string of the molecule is O=c1ccn(CC(F)F)c(=O)n1Cc1cc2nccc(-c3cc(Cl)cc4c3N(C3CCNC3)CCC4)c2s1. The molecule has 1 saturated heterocycles. The van der Waals surface area contributed by atoms with Crippen molar-refractivity contribution in [2.24, 2.45) is 0 Å². The number of benzene rings is 1. The van der Waals surface area contributed by atoms with Gasteiger partial charge in [0.25, 0.3) is 12.0 Å². The van der Waals surface area contributed by atoms with Crippen molar-refractivity contribution in [3.05, 3.63) is 79.0 Å². The van der Waals surface area contributed by atoms with E-state index in [1.54, 1.807) is 6.20 Å². The van der Waals surface area contributed by atoms with Crippen molar-refractivity contribution in [3.8, 4) is 11.1 Å². The van der Waals surface area contributed by atoms with Crippen LogP contribution in [-0.4, -0.2) is 46.2 Å². The first-order valence-electron chi connectivity index (χ1n) is 12.6. The number of hydrogen-bond donors (Lipinski definition) is 1. The number of aryl methyl sites for hydroxylation is 1. The fourth-order valence-electron chi connectivity index (χ4n) is 5.64. The zero-order valence-electron chi connectivity index (χ0n) is 20.5. The largest absolute Gasteiger partial charge is 0.366 e. The average Bonchev–Trinajstić information content (AvgIpc) is 3.57. The van der Waals surface area contributed by atoms with E-state index in [1.807, 2.05) is 18.2 Å². The molecule has 1 N–H and O–H groups in total. The number of alkyl halides is 2. The molecule has 0 spiro atoms. The lowest BCUT2D eigenvalue weighted by Crippen LogP contribution is -2.40. The van der Waals surface area contributed by atoms with Gasteiger partial charge < -0.3 is 10.2 Å². The summed E-state index contributed by atoms with van der Waals surface area (Å²) in [5.41, 5.74) is 3.96. The first kappa shape index (κ1) is 25.2. The van der Waals surface area contributed by atoms with E-state index >= 15 is 0 Å². The Morgan fingerprint density at radius 1 is 1.18 bits per heavy atom. The first-order chi connectivity index (χ1) is 18.4. The summed E-state index contributed by atoms with van der Waals surface area (Å²) in [5, 5.41) is 4.16. The molecule has 0 bridgehead atoms. The van der Waals surface area contributed by atoms with Crippen LogP contribution in [0, 0.1) is 0 Å². The van der Waals surface area contributed by atoms with Crippen molar-refractivity contribution >= 4 is 38.8 Å². The fourth-order valence-corrected chi connectivity index (χ4v) is 7.01. The number of rotatable bonds is 6. The second-order valence-electron chi connectivity index (χ2n) is 9.76. The van der Waals surface area contributed by atoms with E-state index in [-0.39, 0.29) is 6.54 Å². The number of nitrogens with zero attached hydrogens (tertiary/aromatic N) is 4. The smallest absolute Gasteiger partial charge is 0.331 e. The Morgan fingerprint density at radius 3 is 2.84 bits per heavy atom. The molecule has 7 nitrogen and oxygen atoms in total. The third-order valence-electron chi connectivity index (χ3n) is 7.30. The monoisotopic (exact) mass is 557 g/mol. The van der Waals surface area contributed by atoms with Gasteiger partial charge in [0.15, 0.2) is 0 Å². The molecule has 38 heavy (non-hydrogen) atoms. The Balaban J connectivity index is 1.44. The fraction of sp³-hybridized carbons (Fsp3) is 0.370. The van der Waals surface area contributed by atoms with Crippen LogP contribution in [0.3, 0.4) is 0 Å². The third kappa shape index (κ3) is 4.65. The molecule has 2 aliphatic heterocycles. The van der Waals surface area contributed by atoms with Gasteiger partial charge in [0.1, 0.15) is 0 Å². The number of fused-ring (bicyclic) bond motifs is 2. The van der Waals surface area contributed by atoms with Gasteiger partial charge in [-0.25, -0.2) is 13.6 Å². The summed E-state index contributed by atoms with van der Waals surface area (Å²) in [7, 11) is 0. The maximum absolute atomic E-state index is 12.9. The minimum absolute atomic E-state index is 0.0181. The van der Waals surface area contributed by atoms with Gasteiger partial charge in [0, 0.05) is 64.3 Å². The van der Waals surface area contributed by atoms with E-state index in [9.17, 15) is 18.4 Å². The second-order valence-corrected chi connectivity index (χ2v) is 11.3. The summed E-state index contributed by atoms with van der Waals surface area (Å²) in [6, 6.07) is 9.49. The van der Waals surface area contributed by atoms with Crippen molar-refractivity contribution in [3.63, 3.8) is 0 Å². The van der Waals surface area contributed by atoms with E-state index in [4.69, 9.17) is 11.6 Å². The average molecular weight is 558 g/mol. The lowest BCUT2D eigenvalue weighted by atomic mass is 9.92. The van der Waals surface area contributed by atoms with Crippen molar-refractivity contribution in [1.82, 2.24) is 19.4 Å². The lowest BCUT2D eigenvalue weighted by molar-refractivity contribution is 0.124. The molecule has 1 atom stereocenters. The minimum Gasteiger partial charge on any atom is -0.366 e. The summed E-state index contributed by atoms with van der Waals surface area (Å²) >= 11 is 8.07. The molecule has 1 unspecified atom stereocenters. The summed E-state index contributed by atoms with van der Waals surface area (Å²) in [6.07, 6.45) is 3.31. The lowest BCUT2D eigenvalue weighted by Gasteiger charge is -2.38. The minimum atomic E-state index is -2.70. The number of aromatic nitrogens is 3. The molecule has 0 amide bonds. The van der Waals surface area contributed by atoms with E-state index in [0.29, 0.717) is 11.1 Å². The predicted molar refractivity (Wildman–Crippen MR) is 147 cm³/mol. The highest BCUT2D eigenvalue weighted by Gasteiger charge is 2.30. The van der Waals surface area contributed by atoms with Crippen LogP contribution in [0.15, 0.2) is 52.3 Å². The van der Waals surface area contributed by atoms with Crippen molar-refractivity contribution in [2.75, 3.05) is 24.5 Å². The van der Waals surface area contributed by atoms with Crippen LogP contribution < -0.4 is 21.5 Å². The topological polar surface area (TPSA) is 72.2 Å². The molecule has 2 aliphatic rings. The maximum Gasteiger partial charge on any atom is 0.331 e. The Bertz CT molecular complexity index is 1630. The van der Waals surface area contributed by atoms with Gasteiger partial charge in [-0.2, -0.15) is 0 Å². The van der Waals surface area contributed by atoms with Crippen LogP contribution in [0.5, 0.6) is 0 Å². The van der Waals surface area contributed by atoms with E-state index in [0.717, 1.165) is 86.5 Å². The molecular formula is C27H26ClF2N5O2S. The Hall–Kier alpha value is -3.08. The van der Waals surface area contributed by atoms with Gasteiger partial charge in [-0.3, -0.25) is 18.9 Å². The van der Waals surface area contributed by atoms with E-state index in [1.165, 1.54) is 22.6 Å². The molecule has 198 valence electrons. The highest BCUT2D eigenvalue weighted by molar-refractivity contribution is 7.19. The number of halogens is 3. The standard InChI is InChI=1S/C27H26ClF2N5O2S/c28-17-10-16-2-1-8-34(18-3-6-31-13-18)25(16)21(11-17)20-4-7-32-22-12-19(38-26(20)22)14-35-24(36)5-9-33(27(35)37)15-23(29)30/h4-5,7,9-12,18,23,31H,1-3,6,8,13-15H2. The van der Waals surface area contributed by atoms with E-state index in [2.05, 4.69) is 21.3 Å². The molecule has 0 aliphatic carbocycles. The summed E-state index contributed by atoms with van der Waals surface area (Å²) in [6.45, 7) is 2.16. The Morgan fingerprint density at radius 2 is 2.05 bits per heavy atom. The molecule has 6 rings (SSSR count). The molecule has 3 aromatic heterocycles.